The second-order valence-corrected chi connectivity index (χ2v) is 4.50. The van der Waals surface area contributed by atoms with Crippen molar-refractivity contribution in [2.45, 2.75) is 6.04 Å². The molecule has 1 aliphatic heterocycles. The zero-order valence-corrected chi connectivity index (χ0v) is 12.1. The molecule has 0 aliphatic carbocycles. The Morgan fingerprint density at radius 2 is 2.05 bits per heavy atom. The molecule has 1 heterocycles. The first-order valence-electron chi connectivity index (χ1n) is 6.41. The lowest BCUT2D eigenvalue weighted by atomic mass is 9.98. The van der Waals surface area contributed by atoms with E-state index in [1.54, 1.807) is 12.1 Å². The van der Waals surface area contributed by atoms with Crippen molar-refractivity contribution >= 4 is 17.5 Å². The Morgan fingerprint density at radius 3 is 2.59 bits per heavy atom. The maximum Gasteiger partial charge on any atom is 0.337 e. The van der Waals surface area contributed by atoms with Crippen molar-refractivity contribution < 1.29 is 19.2 Å². The molecule has 2 rings (SSSR count). The Hall–Kier alpha value is -2.74. The molecular weight excluding hydrogens is 290 g/mol. The molecule has 0 spiro atoms. The molecule has 1 aliphatic rings. The van der Waals surface area contributed by atoms with E-state index in [9.17, 15) is 14.9 Å². The summed E-state index contributed by atoms with van der Waals surface area (Å²) in [5.74, 6) is 0.0366. The number of benzene rings is 1. The molecule has 1 unspecified atom stereocenters. The maximum absolute atomic E-state index is 11.9. The van der Waals surface area contributed by atoms with Gasteiger partial charge in [0.05, 0.1) is 17.6 Å². The fourth-order valence-corrected chi connectivity index (χ4v) is 2.04. The molecule has 1 N–H and O–H groups in total. The summed E-state index contributed by atoms with van der Waals surface area (Å²) in [6, 6.07) is 5.28. The number of rotatable bonds is 5. The van der Waals surface area contributed by atoms with E-state index in [0.29, 0.717) is 17.0 Å². The van der Waals surface area contributed by atoms with E-state index < -0.39 is 16.9 Å². The zero-order chi connectivity index (χ0) is 16.1. The quantitative estimate of drug-likeness (QED) is 0.500. The van der Waals surface area contributed by atoms with Crippen molar-refractivity contribution in [1.82, 2.24) is 5.32 Å². The van der Waals surface area contributed by atoms with Gasteiger partial charge in [0.15, 0.2) is 0 Å². The van der Waals surface area contributed by atoms with Crippen LogP contribution in [0.15, 0.2) is 41.0 Å². The summed E-state index contributed by atoms with van der Waals surface area (Å²) < 4.78 is 9.75. The van der Waals surface area contributed by atoms with E-state index >= 15 is 0 Å². The van der Waals surface area contributed by atoms with Crippen LogP contribution in [0.2, 0.25) is 0 Å². The third kappa shape index (κ3) is 3.29. The fourth-order valence-electron chi connectivity index (χ4n) is 2.04. The Morgan fingerprint density at radius 1 is 1.36 bits per heavy atom. The number of nitro groups is 1. The lowest BCUT2D eigenvalue weighted by Gasteiger charge is -2.22. The predicted molar refractivity (Wildman–Crippen MR) is 78.4 cm³/mol. The molecule has 0 saturated heterocycles. The minimum atomic E-state index is -0.598. The van der Waals surface area contributed by atoms with Crippen LogP contribution in [0.4, 0.5) is 5.69 Å². The summed E-state index contributed by atoms with van der Waals surface area (Å²) in [4.78, 5) is 26.5. The number of nitro benzene ring substituents is 1. The highest BCUT2D eigenvalue weighted by molar-refractivity contribution is 5.94. The van der Waals surface area contributed by atoms with Crippen molar-refractivity contribution in [1.29, 1.82) is 0 Å². The Labute approximate surface area is 126 Å². The van der Waals surface area contributed by atoms with E-state index in [2.05, 4.69) is 10.3 Å². The van der Waals surface area contributed by atoms with Crippen LogP contribution < -0.4 is 5.32 Å². The van der Waals surface area contributed by atoms with Gasteiger partial charge < -0.3 is 14.8 Å². The average Bonchev–Trinajstić information content (AvgIpc) is 2.54. The third-order valence-corrected chi connectivity index (χ3v) is 3.10. The lowest BCUT2D eigenvalue weighted by Crippen LogP contribution is -2.30. The van der Waals surface area contributed by atoms with Crippen LogP contribution in [-0.2, 0) is 14.3 Å². The van der Waals surface area contributed by atoms with Gasteiger partial charge >= 0.3 is 5.97 Å². The summed E-state index contributed by atoms with van der Waals surface area (Å²) in [6.45, 7) is 0.258. The number of carbonyl (C=O) groups is 1. The number of non-ortho nitro benzene ring substituents is 1. The molecule has 8 heteroatoms. The first-order valence-corrected chi connectivity index (χ1v) is 6.41. The van der Waals surface area contributed by atoms with Crippen LogP contribution in [0, 0.1) is 10.1 Å². The minimum Gasteiger partial charge on any atom is -0.466 e. The lowest BCUT2D eigenvalue weighted by molar-refractivity contribution is -0.384. The predicted octanol–water partition coefficient (Wildman–Crippen LogP) is 1.34. The van der Waals surface area contributed by atoms with Crippen molar-refractivity contribution in [3.8, 4) is 0 Å². The maximum atomic E-state index is 11.9. The van der Waals surface area contributed by atoms with Gasteiger partial charge in [-0.05, 0) is 17.7 Å². The number of amidine groups is 1. The van der Waals surface area contributed by atoms with E-state index in [0.717, 1.165) is 0 Å². The van der Waals surface area contributed by atoms with Gasteiger partial charge in [-0.3, -0.25) is 15.1 Å². The molecule has 1 atom stereocenters. The van der Waals surface area contributed by atoms with Crippen LogP contribution in [0.5, 0.6) is 0 Å². The van der Waals surface area contributed by atoms with Crippen molar-refractivity contribution in [2.24, 2.45) is 4.99 Å². The van der Waals surface area contributed by atoms with Gasteiger partial charge in [0.25, 0.3) is 5.69 Å². The number of nitrogens with zero attached hydrogens (tertiary/aromatic N) is 2. The summed E-state index contributed by atoms with van der Waals surface area (Å²) in [5, 5.41) is 13.6. The summed E-state index contributed by atoms with van der Waals surface area (Å²) in [6.07, 6.45) is 1.51. The average molecular weight is 305 g/mol. The van der Waals surface area contributed by atoms with Crippen molar-refractivity contribution in [3.05, 3.63) is 51.7 Å². The van der Waals surface area contributed by atoms with Gasteiger partial charge in [0.1, 0.15) is 18.5 Å². The molecule has 116 valence electrons. The Balaban J connectivity index is 2.36. The number of hydrogen-bond donors (Lipinski definition) is 1. The minimum absolute atomic E-state index is 0.0256. The van der Waals surface area contributed by atoms with Gasteiger partial charge in [-0.1, -0.05) is 0 Å². The van der Waals surface area contributed by atoms with E-state index in [-0.39, 0.29) is 12.3 Å². The fraction of sp³-hybridized carbons (Fsp3) is 0.286. The highest BCUT2D eigenvalue weighted by atomic mass is 16.6. The van der Waals surface area contributed by atoms with Crippen molar-refractivity contribution in [2.75, 3.05) is 20.8 Å². The number of nitrogens with one attached hydrogen (secondary N) is 1. The standard InChI is InChI=1S/C14H15N3O5/c1-21-8-12-15-7-11(14(18)22-2)13(16-12)9-3-5-10(6-4-9)17(19)20/h3-7,13H,8H2,1-2H3,(H,15,16). The highest BCUT2D eigenvalue weighted by Crippen LogP contribution is 2.29. The van der Waals surface area contributed by atoms with Gasteiger partial charge in [0.2, 0.25) is 0 Å². The second-order valence-electron chi connectivity index (χ2n) is 4.50. The zero-order valence-electron chi connectivity index (χ0n) is 12.1. The molecule has 0 aromatic heterocycles. The summed E-state index contributed by atoms with van der Waals surface area (Å²) in [7, 11) is 2.81. The Kier molecular flexibility index (Phi) is 4.84. The normalized spacial score (nSPS) is 17.1. The van der Waals surface area contributed by atoms with E-state index in [1.807, 2.05) is 0 Å². The largest absolute Gasteiger partial charge is 0.466 e. The van der Waals surface area contributed by atoms with E-state index in [4.69, 9.17) is 9.47 Å². The van der Waals surface area contributed by atoms with Crippen LogP contribution in [-0.4, -0.2) is 37.6 Å². The Bertz CT molecular complexity index is 636. The SMILES string of the molecule is COCC1=NC(c2ccc([N+](=O)[O-])cc2)C(C(=O)OC)=CN1. The van der Waals surface area contributed by atoms with E-state index in [1.165, 1.54) is 32.6 Å². The van der Waals surface area contributed by atoms with Gasteiger partial charge in [-0.15, -0.1) is 0 Å². The second kappa shape index (κ2) is 6.81. The molecule has 0 radical (unpaired) electrons. The highest BCUT2D eigenvalue weighted by Gasteiger charge is 2.27. The van der Waals surface area contributed by atoms with Gasteiger partial charge in [-0.2, -0.15) is 0 Å². The van der Waals surface area contributed by atoms with Crippen LogP contribution in [0.1, 0.15) is 11.6 Å². The molecule has 22 heavy (non-hydrogen) atoms. The molecule has 0 fully saturated rings. The summed E-state index contributed by atoms with van der Waals surface area (Å²) in [5.41, 5.74) is 0.941. The molecule has 0 amide bonds. The molecule has 0 bridgehead atoms. The van der Waals surface area contributed by atoms with Crippen molar-refractivity contribution in [3.63, 3.8) is 0 Å². The first-order chi connectivity index (χ1) is 10.6. The van der Waals surface area contributed by atoms with Gasteiger partial charge in [-0.25, -0.2) is 4.79 Å². The number of esters is 1. The number of ether oxygens (including phenoxy) is 2. The van der Waals surface area contributed by atoms with Gasteiger partial charge in [0, 0.05) is 25.4 Å². The number of carbonyl (C=O) groups excluding carboxylic acids is 1. The molecular formula is C14H15N3O5. The molecule has 0 saturated carbocycles. The molecule has 1 aromatic carbocycles. The smallest absolute Gasteiger partial charge is 0.337 e. The van der Waals surface area contributed by atoms with Crippen LogP contribution >= 0.6 is 0 Å². The third-order valence-electron chi connectivity index (χ3n) is 3.10. The van der Waals surface area contributed by atoms with Crippen LogP contribution in [0.25, 0.3) is 0 Å². The number of aliphatic imine (C=N–C) groups is 1. The molecule has 8 nitrogen and oxygen atoms in total. The van der Waals surface area contributed by atoms with Crippen LogP contribution in [0.3, 0.4) is 0 Å². The summed E-state index contributed by atoms with van der Waals surface area (Å²) >= 11 is 0. The number of methoxy groups -OCH3 is 2. The number of hydrogen-bond acceptors (Lipinski definition) is 7. The topological polar surface area (TPSA) is 103 Å². The first kappa shape index (κ1) is 15.6. The monoisotopic (exact) mass is 305 g/mol. The molecule has 1 aromatic rings.